The number of amides is 3. The van der Waals surface area contributed by atoms with Crippen LogP contribution in [0.15, 0.2) is 48.5 Å². The van der Waals surface area contributed by atoms with Gasteiger partial charge in [0.15, 0.2) is 0 Å². The molecule has 3 rings (SSSR count). The van der Waals surface area contributed by atoms with Crippen molar-refractivity contribution >= 4 is 17.6 Å². The van der Waals surface area contributed by atoms with Crippen LogP contribution in [-0.4, -0.2) is 29.4 Å². The number of nitrogens with one attached hydrogen (secondary N) is 2. The Hall–Kier alpha value is -2.89. The van der Waals surface area contributed by atoms with E-state index in [0.717, 1.165) is 16.8 Å². The van der Waals surface area contributed by atoms with Gasteiger partial charge in [0.1, 0.15) is 5.82 Å². The first-order chi connectivity index (χ1) is 12.0. The van der Waals surface area contributed by atoms with Crippen molar-refractivity contribution in [3.05, 3.63) is 65.5 Å². The van der Waals surface area contributed by atoms with Crippen LogP contribution < -0.4 is 10.6 Å². The molecule has 5 nitrogen and oxygen atoms in total. The monoisotopic (exact) mass is 341 g/mol. The van der Waals surface area contributed by atoms with E-state index in [-0.39, 0.29) is 30.2 Å². The molecule has 0 aromatic heterocycles. The van der Waals surface area contributed by atoms with Crippen LogP contribution in [0.4, 0.5) is 14.9 Å². The molecule has 1 saturated heterocycles. The van der Waals surface area contributed by atoms with Gasteiger partial charge in [0, 0.05) is 25.2 Å². The summed E-state index contributed by atoms with van der Waals surface area (Å²) in [5, 5.41) is 5.62. The SMILES string of the molecule is Cc1ccccc1NC(=O)N[C@@H]1CC(=O)N(Cc2cccc(F)c2)C1. The molecule has 1 atom stereocenters. The van der Waals surface area contributed by atoms with E-state index in [1.807, 2.05) is 31.2 Å². The third kappa shape index (κ3) is 4.35. The number of carbonyl (C=O) groups is 2. The van der Waals surface area contributed by atoms with Gasteiger partial charge >= 0.3 is 6.03 Å². The first-order valence-corrected chi connectivity index (χ1v) is 8.16. The van der Waals surface area contributed by atoms with Gasteiger partial charge in [-0.1, -0.05) is 30.3 Å². The zero-order valence-electron chi connectivity index (χ0n) is 14.0. The first-order valence-electron chi connectivity index (χ1n) is 8.16. The van der Waals surface area contributed by atoms with Gasteiger partial charge in [-0.15, -0.1) is 0 Å². The third-order valence-electron chi connectivity index (χ3n) is 4.21. The van der Waals surface area contributed by atoms with Gasteiger partial charge in [0.2, 0.25) is 5.91 Å². The van der Waals surface area contributed by atoms with Crippen molar-refractivity contribution in [2.75, 3.05) is 11.9 Å². The smallest absolute Gasteiger partial charge is 0.319 e. The fraction of sp³-hybridized carbons (Fsp3) is 0.263. The van der Waals surface area contributed by atoms with E-state index in [1.165, 1.54) is 12.1 Å². The normalized spacial score (nSPS) is 16.8. The molecule has 0 saturated carbocycles. The Morgan fingerprint density at radius 1 is 1.24 bits per heavy atom. The molecule has 0 spiro atoms. The number of likely N-dealkylation sites (tertiary alicyclic amines) is 1. The second kappa shape index (κ2) is 7.34. The van der Waals surface area contributed by atoms with Crippen LogP contribution in [-0.2, 0) is 11.3 Å². The molecule has 2 aromatic rings. The minimum absolute atomic E-state index is 0.0505. The van der Waals surface area contributed by atoms with Gasteiger partial charge in [-0.25, -0.2) is 9.18 Å². The Balaban J connectivity index is 1.55. The van der Waals surface area contributed by atoms with Gasteiger partial charge in [0.05, 0.1) is 6.04 Å². The Morgan fingerprint density at radius 3 is 2.80 bits per heavy atom. The van der Waals surface area contributed by atoms with Crippen LogP contribution in [0.1, 0.15) is 17.5 Å². The molecule has 1 aliphatic rings. The summed E-state index contributed by atoms with van der Waals surface area (Å²) < 4.78 is 13.3. The van der Waals surface area contributed by atoms with Crippen molar-refractivity contribution in [2.24, 2.45) is 0 Å². The number of hydrogen-bond donors (Lipinski definition) is 2. The highest BCUT2D eigenvalue weighted by molar-refractivity contribution is 5.91. The lowest BCUT2D eigenvalue weighted by Gasteiger charge is -2.17. The molecule has 6 heteroatoms. The number of anilines is 1. The van der Waals surface area contributed by atoms with Crippen LogP contribution in [0.3, 0.4) is 0 Å². The molecule has 2 aromatic carbocycles. The third-order valence-corrected chi connectivity index (χ3v) is 4.21. The first kappa shape index (κ1) is 17.0. The van der Waals surface area contributed by atoms with E-state index >= 15 is 0 Å². The molecular weight excluding hydrogens is 321 g/mol. The fourth-order valence-electron chi connectivity index (χ4n) is 2.93. The van der Waals surface area contributed by atoms with E-state index < -0.39 is 0 Å². The predicted octanol–water partition coefficient (Wildman–Crippen LogP) is 3.06. The summed E-state index contributed by atoms with van der Waals surface area (Å²) >= 11 is 0. The van der Waals surface area contributed by atoms with E-state index in [0.29, 0.717) is 13.1 Å². The Bertz CT molecular complexity index is 794. The average molecular weight is 341 g/mol. The van der Waals surface area contributed by atoms with Crippen LogP contribution in [0.5, 0.6) is 0 Å². The van der Waals surface area contributed by atoms with Crippen molar-refractivity contribution in [1.29, 1.82) is 0 Å². The van der Waals surface area contributed by atoms with Crippen LogP contribution in [0.25, 0.3) is 0 Å². The molecule has 25 heavy (non-hydrogen) atoms. The molecule has 3 amide bonds. The standard InChI is InChI=1S/C19H20FN3O2/c1-13-5-2-3-8-17(13)22-19(25)21-16-10-18(24)23(12-16)11-14-6-4-7-15(20)9-14/h2-9,16H,10-12H2,1H3,(H2,21,22,25)/t16-/m1/s1. The highest BCUT2D eigenvalue weighted by Gasteiger charge is 2.30. The fourth-order valence-corrected chi connectivity index (χ4v) is 2.93. The van der Waals surface area contributed by atoms with E-state index in [2.05, 4.69) is 10.6 Å². The van der Waals surface area contributed by atoms with E-state index in [9.17, 15) is 14.0 Å². The lowest BCUT2D eigenvalue weighted by molar-refractivity contribution is -0.128. The number of benzene rings is 2. The average Bonchev–Trinajstić information content (AvgIpc) is 2.89. The molecule has 1 fully saturated rings. The van der Waals surface area contributed by atoms with E-state index in [1.54, 1.807) is 17.0 Å². The predicted molar refractivity (Wildman–Crippen MR) is 93.6 cm³/mol. The number of para-hydroxylation sites is 1. The molecule has 1 heterocycles. The topological polar surface area (TPSA) is 61.4 Å². The number of rotatable bonds is 4. The van der Waals surface area contributed by atoms with Crippen molar-refractivity contribution in [3.8, 4) is 0 Å². The Morgan fingerprint density at radius 2 is 2.04 bits per heavy atom. The van der Waals surface area contributed by atoms with E-state index in [4.69, 9.17) is 0 Å². The number of urea groups is 1. The van der Waals surface area contributed by atoms with Crippen LogP contribution >= 0.6 is 0 Å². The summed E-state index contributed by atoms with van der Waals surface area (Å²) in [6.07, 6.45) is 0.247. The second-order valence-corrected chi connectivity index (χ2v) is 6.22. The molecule has 2 N–H and O–H groups in total. The minimum atomic E-state index is -0.334. The van der Waals surface area contributed by atoms with Crippen LogP contribution in [0, 0.1) is 12.7 Å². The largest absolute Gasteiger partial charge is 0.336 e. The van der Waals surface area contributed by atoms with Crippen molar-refractivity contribution in [3.63, 3.8) is 0 Å². The number of halogens is 1. The summed E-state index contributed by atoms with van der Waals surface area (Å²) in [5.41, 5.74) is 2.44. The van der Waals surface area contributed by atoms with Gasteiger partial charge in [-0.05, 0) is 36.2 Å². The quantitative estimate of drug-likeness (QED) is 0.898. The number of carbonyl (C=O) groups excluding carboxylic acids is 2. The lowest BCUT2D eigenvalue weighted by Crippen LogP contribution is -2.39. The van der Waals surface area contributed by atoms with Gasteiger partial charge in [-0.3, -0.25) is 4.79 Å². The molecule has 0 aliphatic carbocycles. The molecule has 1 aliphatic heterocycles. The lowest BCUT2D eigenvalue weighted by atomic mass is 10.2. The molecule has 0 unspecified atom stereocenters. The second-order valence-electron chi connectivity index (χ2n) is 6.22. The molecule has 0 radical (unpaired) electrons. The zero-order valence-corrected chi connectivity index (χ0v) is 14.0. The minimum Gasteiger partial charge on any atom is -0.336 e. The maximum Gasteiger partial charge on any atom is 0.319 e. The maximum atomic E-state index is 13.3. The molecule has 0 bridgehead atoms. The number of aryl methyl sites for hydroxylation is 1. The van der Waals surface area contributed by atoms with Crippen LogP contribution in [0.2, 0.25) is 0 Å². The summed E-state index contributed by atoms with van der Waals surface area (Å²) in [7, 11) is 0. The number of hydrogen-bond acceptors (Lipinski definition) is 2. The van der Waals surface area contributed by atoms with Gasteiger partial charge in [0.25, 0.3) is 0 Å². The number of nitrogens with zero attached hydrogens (tertiary/aromatic N) is 1. The summed E-state index contributed by atoms with van der Waals surface area (Å²) in [6.45, 7) is 2.67. The molecular formula is C19H20FN3O2. The van der Waals surface area contributed by atoms with Gasteiger partial charge < -0.3 is 15.5 Å². The Labute approximate surface area is 145 Å². The van der Waals surface area contributed by atoms with Gasteiger partial charge in [-0.2, -0.15) is 0 Å². The highest BCUT2D eigenvalue weighted by Crippen LogP contribution is 2.17. The Kier molecular flexibility index (Phi) is 4.97. The maximum absolute atomic E-state index is 13.3. The summed E-state index contributed by atoms with van der Waals surface area (Å²) in [4.78, 5) is 25.9. The summed E-state index contributed by atoms with van der Waals surface area (Å²) in [5.74, 6) is -0.373. The molecule has 130 valence electrons. The summed E-state index contributed by atoms with van der Waals surface area (Å²) in [6, 6.07) is 13.1. The zero-order chi connectivity index (χ0) is 17.8. The highest BCUT2D eigenvalue weighted by atomic mass is 19.1. The van der Waals surface area contributed by atoms with Crippen molar-refractivity contribution in [1.82, 2.24) is 10.2 Å². The van der Waals surface area contributed by atoms with Crippen molar-refractivity contribution in [2.45, 2.75) is 25.9 Å². The van der Waals surface area contributed by atoms with Crippen molar-refractivity contribution < 1.29 is 14.0 Å².